The first-order valence-electron chi connectivity index (χ1n) is 12.6. The smallest absolute Gasteiger partial charge is 0.264 e. The number of hydrogen-bond acceptors (Lipinski definition) is 4. The summed E-state index contributed by atoms with van der Waals surface area (Å²) in [6, 6.07) is 17.2. The van der Waals surface area contributed by atoms with E-state index in [1.54, 1.807) is 31.2 Å². The van der Waals surface area contributed by atoms with Crippen LogP contribution in [0.25, 0.3) is 0 Å². The Morgan fingerprint density at radius 2 is 1.56 bits per heavy atom. The van der Waals surface area contributed by atoms with Crippen LogP contribution in [-0.2, 0) is 26.2 Å². The summed E-state index contributed by atoms with van der Waals surface area (Å²) in [6.07, 6.45) is 0. The predicted molar refractivity (Wildman–Crippen MR) is 151 cm³/mol. The molecule has 0 aromatic heterocycles. The molecule has 0 heterocycles. The number of hydrogen-bond donors (Lipinski definition) is 1. The monoisotopic (exact) mass is 573 g/mol. The molecule has 1 N–H and O–H groups in total. The molecule has 0 aliphatic heterocycles. The summed E-state index contributed by atoms with van der Waals surface area (Å²) in [5, 5.41) is 2.97. The second-order valence-electron chi connectivity index (χ2n) is 9.74. The number of aryl methyl sites for hydroxylation is 1. The molecular formula is C29H33ClFN3O4S. The molecule has 0 fully saturated rings. The van der Waals surface area contributed by atoms with Gasteiger partial charge < -0.3 is 10.2 Å². The highest BCUT2D eigenvalue weighted by Gasteiger charge is 2.33. The minimum atomic E-state index is -4.22. The topological polar surface area (TPSA) is 86.8 Å². The van der Waals surface area contributed by atoms with Crippen molar-refractivity contribution in [3.05, 3.63) is 94.8 Å². The zero-order chi connectivity index (χ0) is 28.7. The fraction of sp³-hybridized carbons (Fsp3) is 0.310. The lowest BCUT2D eigenvalue weighted by molar-refractivity contribution is -0.139. The molecule has 0 unspecified atom stereocenters. The highest BCUT2D eigenvalue weighted by molar-refractivity contribution is 7.92. The Morgan fingerprint density at radius 3 is 2.15 bits per heavy atom. The molecular weight excluding hydrogens is 541 g/mol. The number of nitrogens with zero attached hydrogens (tertiary/aromatic N) is 2. The lowest BCUT2D eigenvalue weighted by Gasteiger charge is -2.32. The Balaban J connectivity index is 2.02. The van der Waals surface area contributed by atoms with Crippen LogP contribution < -0.4 is 9.62 Å². The number of sulfonamides is 1. The van der Waals surface area contributed by atoms with Crippen LogP contribution in [0.3, 0.4) is 0 Å². The van der Waals surface area contributed by atoms with E-state index in [1.165, 1.54) is 53.4 Å². The van der Waals surface area contributed by atoms with Gasteiger partial charge in [-0.1, -0.05) is 67.4 Å². The number of benzene rings is 3. The molecule has 7 nitrogen and oxygen atoms in total. The standard InChI is InChI=1S/C29H33ClFN3O4S/c1-20(2)17-32-29(36)22(4)33(18-23-11-13-24(31)14-12-23)28(35)19-34(27-8-6-5-7-26(27)30)39(37,38)25-15-9-21(3)10-16-25/h5-16,20,22H,17-19H2,1-4H3,(H,32,36)/t22-/m0/s1. The number of anilines is 1. The summed E-state index contributed by atoms with van der Waals surface area (Å²) in [5.41, 5.74) is 1.59. The number of carbonyl (C=O) groups is 2. The molecule has 3 rings (SSSR count). The van der Waals surface area contributed by atoms with Gasteiger partial charge in [-0.3, -0.25) is 13.9 Å². The van der Waals surface area contributed by atoms with Gasteiger partial charge >= 0.3 is 0 Å². The van der Waals surface area contributed by atoms with Gasteiger partial charge in [0.2, 0.25) is 11.8 Å². The van der Waals surface area contributed by atoms with Gasteiger partial charge in [-0.2, -0.15) is 0 Å². The average Bonchev–Trinajstić information content (AvgIpc) is 2.90. The van der Waals surface area contributed by atoms with Gasteiger partial charge in [0.05, 0.1) is 15.6 Å². The van der Waals surface area contributed by atoms with Crippen LogP contribution in [0.15, 0.2) is 77.7 Å². The van der Waals surface area contributed by atoms with Crippen molar-refractivity contribution in [2.24, 2.45) is 5.92 Å². The third kappa shape index (κ3) is 7.80. The Labute approximate surface area is 234 Å². The van der Waals surface area contributed by atoms with Crippen molar-refractivity contribution in [2.75, 3.05) is 17.4 Å². The zero-order valence-electron chi connectivity index (χ0n) is 22.4. The van der Waals surface area contributed by atoms with Crippen LogP contribution in [0.4, 0.5) is 10.1 Å². The fourth-order valence-electron chi connectivity index (χ4n) is 3.83. The van der Waals surface area contributed by atoms with E-state index in [4.69, 9.17) is 11.6 Å². The van der Waals surface area contributed by atoms with Crippen LogP contribution in [0, 0.1) is 18.7 Å². The van der Waals surface area contributed by atoms with Gasteiger partial charge in [-0.05, 0) is 61.7 Å². The van der Waals surface area contributed by atoms with E-state index in [-0.39, 0.29) is 34.0 Å². The molecule has 3 aromatic carbocycles. The number of rotatable bonds is 11. The molecule has 208 valence electrons. The van der Waals surface area contributed by atoms with Crippen molar-refractivity contribution < 1.29 is 22.4 Å². The second-order valence-corrected chi connectivity index (χ2v) is 12.0. The molecule has 3 aromatic rings. The number of amides is 2. The first-order chi connectivity index (χ1) is 18.4. The molecule has 39 heavy (non-hydrogen) atoms. The van der Waals surface area contributed by atoms with Gasteiger partial charge in [0, 0.05) is 13.1 Å². The summed E-state index contributed by atoms with van der Waals surface area (Å²) >= 11 is 6.40. The third-order valence-electron chi connectivity index (χ3n) is 6.13. The van der Waals surface area contributed by atoms with Crippen LogP contribution in [0.5, 0.6) is 0 Å². The number of halogens is 2. The second kappa shape index (κ2) is 13.1. The van der Waals surface area contributed by atoms with Gasteiger partial charge in [-0.25, -0.2) is 12.8 Å². The Kier molecular flexibility index (Phi) is 10.1. The maximum absolute atomic E-state index is 13.8. The number of para-hydroxylation sites is 1. The summed E-state index contributed by atoms with van der Waals surface area (Å²) in [5.74, 6) is -1.25. The van der Waals surface area contributed by atoms with E-state index < -0.39 is 34.3 Å². The van der Waals surface area contributed by atoms with Crippen molar-refractivity contribution in [3.8, 4) is 0 Å². The lowest BCUT2D eigenvalue weighted by Crippen LogP contribution is -2.51. The zero-order valence-corrected chi connectivity index (χ0v) is 24.0. The number of carbonyl (C=O) groups excluding carboxylic acids is 2. The van der Waals surface area contributed by atoms with Gasteiger partial charge in [0.1, 0.15) is 18.4 Å². The normalized spacial score (nSPS) is 12.2. The van der Waals surface area contributed by atoms with Gasteiger partial charge in [-0.15, -0.1) is 0 Å². The molecule has 1 atom stereocenters. The Bertz CT molecular complexity index is 1400. The van der Waals surface area contributed by atoms with E-state index in [1.807, 2.05) is 20.8 Å². The molecule has 0 spiro atoms. The molecule has 10 heteroatoms. The van der Waals surface area contributed by atoms with Crippen LogP contribution in [0.2, 0.25) is 5.02 Å². The maximum Gasteiger partial charge on any atom is 0.264 e. The van der Waals surface area contributed by atoms with Crippen molar-refractivity contribution in [1.82, 2.24) is 10.2 Å². The van der Waals surface area contributed by atoms with Crippen molar-refractivity contribution >= 4 is 39.1 Å². The van der Waals surface area contributed by atoms with E-state index in [9.17, 15) is 22.4 Å². The molecule has 0 saturated heterocycles. The Hall–Kier alpha value is -3.43. The van der Waals surface area contributed by atoms with E-state index in [2.05, 4.69) is 5.32 Å². The van der Waals surface area contributed by atoms with Crippen LogP contribution >= 0.6 is 11.6 Å². The maximum atomic E-state index is 13.8. The quantitative estimate of drug-likeness (QED) is 0.343. The molecule has 0 saturated carbocycles. The molecule has 2 amide bonds. The highest BCUT2D eigenvalue weighted by Crippen LogP contribution is 2.31. The summed E-state index contributed by atoms with van der Waals surface area (Å²) in [7, 11) is -4.22. The average molecular weight is 574 g/mol. The van der Waals surface area contributed by atoms with Gasteiger partial charge in [0.15, 0.2) is 0 Å². The summed E-state index contributed by atoms with van der Waals surface area (Å²) < 4.78 is 42.1. The first kappa shape index (κ1) is 30.1. The molecule has 0 bridgehead atoms. The van der Waals surface area contributed by atoms with E-state index in [0.717, 1.165) is 9.87 Å². The lowest BCUT2D eigenvalue weighted by atomic mass is 10.1. The van der Waals surface area contributed by atoms with Gasteiger partial charge in [0.25, 0.3) is 10.0 Å². The minimum absolute atomic E-state index is 0.00590. The SMILES string of the molecule is Cc1ccc(S(=O)(=O)N(CC(=O)N(Cc2ccc(F)cc2)[C@@H](C)C(=O)NCC(C)C)c2ccccc2Cl)cc1. The summed E-state index contributed by atoms with van der Waals surface area (Å²) in [4.78, 5) is 28.1. The van der Waals surface area contributed by atoms with E-state index >= 15 is 0 Å². The van der Waals surface area contributed by atoms with Crippen molar-refractivity contribution in [1.29, 1.82) is 0 Å². The fourth-order valence-corrected chi connectivity index (χ4v) is 5.55. The first-order valence-corrected chi connectivity index (χ1v) is 14.4. The van der Waals surface area contributed by atoms with Crippen molar-refractivity contribution in [2.45, 2.75) is 45.2 Å². The molecule has 0 aliphatic carbocycles. The van der Waals surface area contributed by atoms with Crippen LogP contribution in [-0.4, -0.2) is 44.3 Å². The third-order valence-corrected chi connectivity index (χ3v) is 8.22. The van der Waals surface area contributed by atoms with Crippen LogP contribution in [0.1, 0.15) is 31.9 Å². The summed E-state index contributed by atoms with van der Waals surface area (Å²) in [6.45, 7) is 7.08. The van der Waals surface area contributed by atoms with E-state index in [0.29, 0.717) is 12.1 Å². The Morgan fingerprint density at radius 1 is 0.949 bits per heavy atom. The molecule has 0 aliphatic rings. The largest absolute Gasteiger partial charge is 0.354 e. The highest BCUT2D eigenvalue weighted by atomic mass is 35.5. The van der Waals surface area contributed by atoms with Crippen molar-refractivity contribution in [3.63, 3.8) is 0 Å². The molecule has 0 radical (unpaired) electrons. The predicted octanol–water partition coefficient (Wildman–Crippen LogP) is 5.17. The minimum Gasteiger partial charge on any atom is -0.354 e. The number of nitrogens with one attached hydrogen (secondary N) is 1.